The Bertz CT molecular complexity index is 520. The summed E-state index contributed by atoms with van der Waals surface area (Å²) in [6.07, 6.45) is 4.09. The van der Waals surface area contributed by atoms with Gasteiger partial charge in [0.1, 0.15) is 11.4 Å². The molecule has 1 aromatic rings. The van der Waals surface area contributed by atoms with Gasteiger partial charge in [0, 0.05) is 6.54 Å². The van der Waals surface area contributed by atoms with E-state index >= 15 is 0 Å². The third kappa shape index (κ3) is 4.65. The van der Waals surface area contributed by atoms with Crippen LogP contribution in [0.4, 0.5) is 4.79 Å². The summed E-state index contributed by atoms with van der Waals surface area (Å²) in [7, 11) is 1.70. The van der Waals surface area contributed by atoms with Crippen molar-refractivity contribution in [1.29, 1.82) is 0 Å². The summed E-state index contributed by atoms with van der Waals surface area (Å²) in [5, 5.41) is 2.85. The fraction of sp³-hybridized carbons (Fsp3) is 0.611. The van der Waals surface area contributed by atoms with Gasteiger partial charge in [-0.05, 0) is 75.6 Å². The molecule has 1 amide bonds. The number of carbonyl (C=O) groups is 1. The van der Waals surface area contributed by atoms with Gasteiger partial charge >= 0.3 is 6.09 Å². The van der Waals surface area contributed by atoms with Crippen molar-refractivity contribution < 1.29 is 14.3 Å². The van der Waals surface area contributed by atoms with Crippen LogP contribution in [-0.2, 0) is 11.2 Å². The number of hydrogen-bond acceptors (Lipinski definition) is 3. The van der Waals surface area contributed by atoms with Gasteiger partial charge < -0.3 is 14.8 Å². The van der Waals surface area contributed by atoms with Crippen molar-refractivity contribution in [3.8, 4) is 5.75 Å². The molecule has 0 saturated heterocycles. The van der Waals surface area contributed by atoms with Gasteiger partial charge in [0.15, 0.2) is 0 Å². The summed E-state index contributed by atoms with van der Waals surface area (Å²) in [4.78, 5) is 11.7. The molecule has 1 atom stereocenters. The molecule has 1 aromatic carbocycles. The first-order valence-electron chi connectivity index (χ1n) is 8.03. The quantitative estimate of drug-likeness (QED) is 0.913. The van der Waals surface area contributed by atoms with E-state index in [-0.39, 0.29) is 6.09 Å². The fourth-order valence-corrected chi connectivity index (χ4v) is 2.98. The van der Waals surface area contributed by atoms with Crippen molar-refractivity contribution in [2.24, 2.45) is 0 Å². The van der Waals surface area contributed by atoms with Crippen LogP contribution in [0.5, 0.6) is 5.75 Å². The van der Waals surface area contributed by atoms with E-state index in [1.165, 1.54) is 24.0 Å². The lowest BCUT2D eigenvalue weighted by Gasteiger charge is -2.26. The van der Waals surface area contributed by atoms with Crippen molar-refractivity contribution in [2.75, 3.05) is 13.7 Å². The highest BCUT2D eigenvalue weighted by Crippen LogP contribution is 2.35. The van der Waals surface area contributed by atoms with Crippen molar-refractivity contribution >= 4 is 6.09 Å². The molecule has 0 radical (unpaired) electrons. The van der Waals surface area contributed by atoms with E-state index < -0.39 is 5.60 Å². The molecule has 0 fully saturated rings. The third-order valence-electron chi connectivity index (χ3n) is 3.95. The summed E-state index contributed by atoms with van der Waals surface area (Å²) in [5.74, 6) is 1.43. The van der Waals surface area contributed by atoms with Crippen LogP contribution in [0.2, 0.25) is 0 Å². The highest BCUT2D eigenvalue weighted by atomic mass is 16.6. The number of amides is 1. The molecule has 22 heavy (non-hydrogen) atoms. The second-order valence-electron chi connectivity index (χ2n) is 6.87. The molecular weight excluding hydrogens is 278 g/mol. The molecule has 1 unspecified atom stereocenters. The Morgan fingerprint density at radius 1 is 1.36 bits per heavy atom. The maximum Gasteiger partial charge on any atom is 0.407 e. The molecule has 0 heterocycles. The van der Waals surface area contributed by atoms with E-state index in [2.05, 4.69) is 17.4 Å². The molecule has 0 spiro atoms. The first-order valence-corrected chi connectivity index (χ1v) is 8.03. The maximum atomic E-state index is 11.7. The van der Waals surface area contributed by atoms with Gasteiger partial charge in [0.05, 0.1) is 7.11 Å². The summed E-state index contributed by atoms with van der Waals surface area (Å²) in [5.41, 5.74) is 2.34. The van der Waals surface area contributed by atoms with Crippen LogP contribution < -0.4 is 10.1 Å². The minimum Gasteiger partial charge on any atom is -0.497 e. The van der Waals surface area contributed by atoms with Crippen LogP contribution in [0.25, 0.3) is 0 Å². The second-order valence-corrected chi connectivity index (χ2v) is 6.87. The van der Waals surface area contributed by atoms with Crippen LogP contribution in [0.3, 0.4) is 0 Å². The molecule has 122 valence electrons. The van der Waals surface area contributed by atoms with E-state index in [0.29, 0.717) is 12.5 Å². The van der Waals surface area contributed by atoms with Crippen molar-refractivity contribution in [3.63, 3.8) is 0 Å². The number of ether oxygens (including phenoxy) is 2. The number of nitrogens with one attached hydrogen (secondary N) is 1. The lowest BCUT2D eigenvalue weighted by Crippen LogP contribution is -2.33. The normalized spacial score (nSPS) is 17.5. The van der Waals surface area contributed by atoms with Gasteiger partial charge in [0.25, 0.3) is 0 Å². The van der Waals surface area contributed by atoms with Gasteiger partial charge in [0.2, 0.25) is 0 Å². The van der Waals surface area contributed by atoms with E-state index in [9.17, 15) is 4.79 Å². The minimum absolute atomic E-state index is 0.335. The van der Waals surface area contributed by atoms with Gasteiger partial charge in [-0.1, -0.05) is 6.07 Å². The summed E-state index contributed by atoms with van der Waals surface area (Å²) in [6.45, 7) is 6.26. The summed E-state index contributed by atoms with van der Waals surface area (Å²) >= 11 is 0. The fourth-order valence-electron chi connectivity index (χ4n) is 2.98. The molecule has 0 aromatic heterocycles. The zero-order valence-corrected chi connectivity index (χ0v) is 14.1. The Balaban J connectivity index is 1.89. The Hall–Kier alpha value is -1.71. The van der Waals surface area contributed by atoms with Crippen LogP contribution in [0.1, 0.15) is 57.1 Å². The van der Waals surface area contributed by atoms with E-state index in [4.69, 9.17) is 9.47 Å². The molecule has 4 heteroatoms. The number of methoxy groups -OCH3 is 1. The Morgan fingerprint density at radius 2 is 2.14 bits per heavy atom. The lowest BCUT2D eigenvalue weighted by molar-refractivity contribution is 0.0526. The van der Waals surface area contributed by atoms with Crippen LogP contribution >= 0.6 is 0 Å². The number of fused-ring (bicyclic) bond motifs is 1. The zero-order chi connectivity index (χ0) is 16.2. The van der Waals surface area contributed by atoms with Gasteiger partial charge in [-0.2, -0.15) is 0 Å². The molecule has 1 aliphatic rings. The van der Waals surface area contributed by atoms with Crippen LogP contribution in [-0.4, -0.2) is 25.3 Å². The number of aryl methyl sites for hydroxylation is 1. The topological polar surface area (TPSA) is 47.6 Å². The number of carbonyl (C=O) groups excluding carboxylic acids is 1. The summed E-state index contributed by atoms with van der Waals surface area (Å²) in [6, 6.07) is 6.34. The second kappa shape index (κ2) is 7.03. The molecule has 0 saturated carbocycles. The van der Waals surface area contributed by atoms with Crippen molar-refractivity contribution in [2.45, 2.75) is 58.0 Å². The van der Waals surface area contributed by atoms with E-state index in [1.807, 2.05) is 26.8 Å². The number of rotatable bonds is 4. The lowest BCUT2D eigenvalue weighted by atomic mass is 9.81. The highest BCUT2D eigenvalue weighted by molar-refractivity contribution is 5.67. The average molecular weight is 305 g/mol. The van der Waals surface area contributed by atoms with Gasteiger partial charge in [-0.3, -0.25) is 0 Å². The standard InChI is InChI=1S/C18H27NO3/c1-18(2,3)22-17(20)19-11-10-13-6-5-7-14-12-15(21-4)8-9-16(13)14/h8-9,12-13H,5-7,10-11H2,1-4H3,(H,19,20). The van der Waals surface area contributed by atoms with Crippen LogP contribution in [0, 0.1) is 0 Å². The first-order chi connectivity index (χ1) is 10.4. The first kappa shape index (κ1) is 16.7. The molecular formula is C18H27NO3. The smallest absolute Gasteiger partial charge is 0.407 e. The van der Waals surface area contributed by atoms with Gasteiger partial charge in [-0.15, -0.1) is 0 Å². The zero-order valence-electron chi connectivity index (χ0n) is 14.1. The predicted octanol–water partition coefficient (Wildman–Crippen LogP) is 4.03. The van der Waals surface area contributed by atoms with E-state index in [1.54, 1.807) is 7.11 Å². The maximum absolute atomic E-state index is 11.7. The average Bonchev–Trinajstić information content (AvgIpc) is 2.45. The number of alkyl carbamates (subject to hydrolysis) is 1. The summed E-state index contributed by atoms with van der Waals surface area (Å²) < 4.78 is 10.6. The Labute approximate surface area is 133 Å². The Kier molecular flexibility index (Phi) is 5.33. The predicted molar refractivity (Wildman–Crippen MR) is 87.5 cm³/mol. The van der Waals surface area contributed by atoms with Crippen molar-refractivity contribution in [3.05, 3.63) is 29.3 Å². The SMILES string of the molecule is COc1ccc2c(c1)CCCC2CCNC(=O)OC(C)(C)C. The highest BCUT2D eigenvalue weighted by Gasteiger charge is 2.21. The Morgan fingerprint density at radius 3 is 2.82 bits per heavy atom. The molecule has 0 bridgehead atoms. The minimum atomic E-state index is -0.446. The number of benzene rings is 1. The van der Waals surface area contributed by atoms with Gasteiger partial charge in [-0.25, -0.2) is 4.79 Å². The third-order valence-corrected chi connectivity index (χ3v) is 3.95. The van der Waals surface area contributed by atoms with E-state index in [0.717, 1.165) is 18.6 Å². The number of hydrogen-bond donors (Lipinski definition) is 1. The monoisotopic (exact) mass is 305 g/mol. The molecule has 4 nitrogen and oxygen atoms in total. The van der Waals surface area contributed by atoms with Crippen LogP contribution in [0.15, 0.2) is 18.2 Å². The molecule has 1 aliphatic carbocycles. The van der Waals surface area contributed by atoms with Crippen molar-refractivity contribution in [1.82, 2.24) is 5.32 Å². The molecule has 2 rings (SSSR count). The largest absolute Gasteiger partial charge is 0.497 e. The molecule has 0 aliphatic heterocycles. The molecule has 1 N–H and O–H groups in total.